The summed E-state index contributed by atoms with van der Waals surface area (Å²) in [5, 5.41) is 4.81. The summed E-state index contributed by atoms with van der Waals surface area (Å²) in [4.78, 5) is 0. The van der Waals surface area contributed by atoms with Gasteiger partial charge < -0.3 is 0 Å². The molecule has 6 rings (SSSR count). The van der Waals surface area contributed by atoms with Gasteiger partial charge in [0.15, 0.2) is 0 Å². The van der Waals surface area contributed by atoms with E-state index in [2.05, 4.69) is 85.8 Å². The molecule has 2 fully saturated rings. The second-order valence-electron chi connectivity index (χ2n) is 11.0. The van der Waals surface area contributed by atoms with Crippen LogP contribution in [0.1, 0.15) is 82.4 Å². The van der Waals surface area contributed by atoms with Crippen molar-refractivity contribution in [1.82, 2.24) is 0 Å². The minimum Gasteiger partial charge on any atom is -0.214 e. The molecule has 4 aromatic carbocycles. The van der Waals surface area contributed by atoms with Gasteiger partial charge in [0.25, 0.3) is 0 Å². The van der Waals surface area contributed by atoms with Crippen LogP contribution in [-0.2, 0) is 17.1 Å². The average Bonchev–Trinajstić information content (AvgIpc) is 3.72. The molecule has 2 saturated carbocycles. The smallest absolute Gasteiger partial charge is 0.214 e. The van der Waals surface area contributed by atoms with Gasteiger partial charge in [-0.25, -0.2) is 18.2 Å². The molecule has 2 aliphatic rings. The van der Waals surface area contributed by atoms with Crippen LogP contribution in [0.25, 0.3) is 0 Å². The van der Waals surface area contributed by atoms with Crippen LogP contribution in [0.3, 0.4) is 0 Å². The Balaban J connectivity index is 0.000000530. The van der Waals surface area contributed by atoms with E-state index in [0.717, 1.165) is 11.3 Å². The van der Waals surface area contributed by atoms with Crippen molar-refractivity contribution in [2.45, 2.75) is 88.1 Å². The predicted octanol–water partition coefficient (Wildman–Crippen LogP) is 9.77. The molecular weight excluding hydrogens is 550 g/mol. The van der Waals surface area contributed by atoms with Crippen molar-refractivity contribution in [1.29, 1.82) is 0 Å². The first kappa shape index (κ1) is 30.5. The van der Waals surface area contributed by atoms with Crippen LogP contribution < -0.4 is 15.9 Å². The Kier molecular flexibility index (Phi) is 12.6. The van der Waals surface area contributed by atoms with E-state index in [1.54, 1.807) is 10.9 Å². The molecular formula is C36H44FeP2. The fourth-order valence-electron chi connectivity index (χ4n) is 6.66. The van der Waals surface area contributed by atoms with Gasteiger partial charge in [0, 0.05) is 0 Å². The number of rotatable bonds is 7. The van der Waals surface area contributed by atoms with Crippen LogP contribution in [0.4, 0.5) is 0 Å². The van der Waals surface area contributed by atoms with E-state index in [1.807, 2.05) is 30.3 Å². The van der Waals surface area contributed by atoms with Crippen LogP contribution in [0.5, 0.6) is 0 Å². The predicted molar refractivity (Wildman–Crippen MR) is 172 cm³/mol. The molecule has 0 bridgehead atoms. The summed E-state index contributed by atoms with van der Waals surface area (Å²) in [6, 6.07) is 40.1. The van der Waals surface area contributed by atoms with E-state index < -0.39 is 7.92 Å². The first-order valence-corrected chi connectivity index (χ1v) is 17.8. The fraction of sp³-hybridized carbons (Fsp3) is 0.389. The zero-order valence-electron chi connectivity index (χ0n) is 23.4. The topological polar surface area (TPSA) is 0 Å². The third kappa shape index (κ3) is 8.05. The van der Waals surface area contributed by atoms with Crippen molar-refractivity contribution in [3.8, 4) is 0 Å². The van der Waals surface area contributed by atoms with E-state index >= 15 is 0 Å². The van der Waals surface area contributed by atoms with Crippen molar-refractivity contribution in [3.63, 3.8) is 0 Å². The van der Waals surface area contributed by atoms with Crippen LogP contribution in [0, 0.1) is 0 Å². The Labute approximate surface area is 250 Å². The Morgan fingerprint density at radius 2 is 1.10 bits per heavy atom. The Hall–Kier alpha value is -1.48. The molecule has 0 amide bonds. The summed E-state index contributed by atoms with van der Waals surface area (Å²) < 4.78 is 0. The molecule has 3 heteroatoms. The van der Waals surface area contributed by atoms with Crippen molar-refractivity contribution in [2.24, 2.45) is 0 Å². The molecule has 2 aliphatic carbocycles. The van der Waals surface area contributed by atoms with Gasteiger partial charge >= 0.3 is 17.1 Å². The maximum atomic E-state index is 2.56. The molecule has 0 aliphatic heterocycles. The van der Waals surface area contributed by atoms with E-state index in [9.17, 15) is 0 Å². The van der Waals surface area contributed by atoms with Crippen LogP contribution in [0.2, 0.25) is 0 Å². The van der Waals surface area contributed by atoms with Crippen molar-refractivity contribution in [2.75, 3.05) is 0 Å². The van der Waals surface area contributed by atoms with Gasteiger partial charge in [-0.05, 0) is 61.2 Å². The Morgan fingerprint density at radius 3 is 1.54 bits per heavy atom. The summed E-state index contributed by atoms with van der Waals surface area (Å²) >= 11 is 0. The third-order valence-corrected chi connectivity index (χ3v) is 14.8. The fourth-order valence-corrected chi connectivity index (χ4v) is 13.5. The summed E-state index contributed by atoms with van der Waals surface area (Å²) in [7, 11) is -0.489. The monoisotopic (exact) mass is 594 g/mol. The molecule has 0 unspecified atom stereocenters. The Bertz CT molecular complexity index is 1080. The van der Waals surface area contributed by atoms with Crippen molar-refractivity contribution < 1.29 is 17.1 Å². The molecule has 0 heterocycles. The van der Waals surface area contributed by atoms with E-state index in [1.165, 1.54) is 74.8 Å². The molecule has 4 aromatic rings. The quantitative estimate of drug-likeness (QED) is 0.114. The molecule has 0 radical (unpaired) electrons. The third-order valence-electron chi connectivity index (χ3n) is 8.50. The van der Waals surface area contributed by atoms with Crippen LogP contribution in [0.15, 0.2) is 109 Å². The zero-order valence-corrected chi connectivity index (χ0v) is 26.3. The van der Waals surface area contributed by atoms with E-state index in [-0.39, 0.29) is 25.0 Å². The maximum Gasteiger partial charge on any atom is 2.00 e. The van der Waals surface area contributed by atoms with Crippen molar-refractivity contribution in [3.05, 3.63) is 115 Å². The average molecular weight is 595 g/mol. The summed E-state index contributed by atoms with van der Waals surface area (Å²) in [5.41, 5.74) is 4.15. The Morgan fingerprint density at radius 1 is 0.615 bits per heavy atom. The molecule has 1 atom stereocenters. The molecule has 0 aromatic heterocycles. The number of benzene rings is 2. The van der Waals surface area contributed by atoms with E-state index in [4.69, 9.17) is 0 Å². The van der Waals surface area contributed by atoms with E-state index in [0.29, 0.717) is 5.66 Å². The van der Waals surface area contributed by atoms with Gasteiger partial charge in [-0.2, -0.15) is 35.9 Å². The minimum absolute atomic E-state index is 0. The largest absolute Gasteiger partial charge is 2.00 e. The second-order valence-corrected chi connectivity index (χ2v) is 16.3. The maximum absolute atomic E-state index is 2.56. The number of hydrogen-bond acceptors (Lipinski definition) is 0. The molecule has 0 N–H and O–H groups in total. The van der Waals surface area contributed by atoms with Gasteiger partial charge in [-0.1, -0.05) is 114 Å². The minimum atomic E-state index is -0.428. The molecule has 0 spiro atoms. The molecule has 0 nitrogen and oxygen atoms in total. The first-order chi connectivity index (χ1) is 18.8. The molecule has 0 saturated heterocycles. The van der Waals surface area contributed by atoms with Crippen LogP contribution >= 0.6 is 15.8 Å². The summed E-state index contributed by atoms with van der Waals surface area (Å²) in [6.07, 6.45) is 14.7. The van der Waals surface area contributed by atoms with Gasteiger partial charge in [0.2, 0.25) is 0 Å². The second kappa shape index (κ2) is 16.1. The van der Waals surface area contributed by atoms with Gasteiger partial charge in [0.1, 0.15) is 0 Å². The van der Waals surface area contributed by atoms with Crippen LogP contribution in [-0.4, -0.2) is 11.3 Å². The van der Waals surface area contributed by atoms with Crippen molar-refractivity contribution >= 4 is 31.8 Å². The molecule has 39 heavy (non-hydrogen) atoms. The van der Waals surface area contributed by atoms with Gasteiger partial charge in [-0.15, -0.1) is 5.30 Å². The zero-order chi connectivity index (χ0) is 26.0. The normalized spacial score (nSPS) is 17.3. The summed E-state index contributed by atoms with van der Waals surface area (Å²) in [6.45, 7) is 2.53. The molecule has 206 valence electrons. The summed E-state index contributed by atoms with van der Waals surface area (Å²) in [5.74, 6) is 0. The SMILES string of the molecule is C[C@H](c1cc[cH-]c1P(C1CCCCC1)C1CCCCC1)P(c1ccccc1)c1ccccc1.[Fe+2].c1cc[cH-]c1. The standard InChI is InChI=1S/C31H39P2.C5H5.Fe/c1-25(32(26-15-6-2-7-16-26)27-17-8-3-9-18-27)30-23-14-24-31(30)33(28-19-10-4-11-20-28)29-21-12-5-13-22-29;1-2-4-5-3-1;/h2-3,6-9,14-18,23-25,28-29H,4-5,10-13,19-22H2,1H3;1-5H;/q2*-1;+2/t25-;;/m1../s1. The van der Waals surface area contributed by atoms with Gasteiger partial charge in [0.05, 0.1) is 0 Å². The first-order valence-electron chi connectivity index (χ1n) is 14.9. The number of hydrogen-bond donors (Lipinski definition) is 0. The van der Waals surface area contributed by atoms with Gasteiger partial charge in [-0.3, -0.25) is 0 Å².